The number of anilines is 6. The molecule has 13 rings (SSSR count). The maximum absolute atomic E-state index is 2.48. The van der Waals surface area contributed by atoms with E-state index in [1.165, 1.54) is 86.6 Å². The van der Waals surface area contributed by atoms with Gasteiger partial charge in [0.25, 0.3) is 0 Å². The van der Waals surface area contributed by atoms with Gasteiger partial charge in [-0.25, -0.2) is 0 Å². The third kappa shape index (κ3) is 6.63. The predicted octanol–water partition coefficient (Wildman–Crippen LogP) is 16.8. The third-order valence-corrected chi connectivity index (χ3v) is 15.4. The van der Waals surface area contributed by atoms with Crippen molar-refractivity contribution in [1.29, 1.82) is 0 Å². The molecule has 1 aromatic heterocycles. The molecule has 0 saturated heterocycles. The second-order valence-electron chi connectivity index (χ2n) is 18.0. The molecule has 296 valence electrons. The zero-order valence-corrected chi connectivity index (χ0v) is 35.1. The molecular formula is C58H48N2S. The largest absolute Gasteiger partial charge is 0.311 e. The highest BCUT2D eigenvalue weighted by molar-refractivity contribution is 7.25. The third-order valence-electron chi connectivity index (χ3n) is 14.2. The van der Waals surface area contributed by atoms with Gasteiger partial charge in [0, 0.05) is 54.3 Å². The van der Waals surface area contributed by atoms with Crippen molar-refractivity contribution in [2.75, 3.05) is 9.80 Å². The fourth-order valence-electron chi connectivity index (χ4n) is 11.8. The van der Waals surface area contributed by atoms with E-state index in [9.17, 15) is 0 Å². The lowest BCUT2D eigenvalue weighted by molar-refractivity contribution is -0.00518. The van der Waals surface area contributed by atoms with Crippen molar-refractivity contribution in [3.63, 3.8) is 0 Å². The summed E-state index contributed by atoms with van der Waals surface area (Å²) in [6.45, 7) is 0. The summed E-state index contributed by atoms with van der Waals surface area (Å²) >= 11 is 1.87. The summed E-state index contributed by atoms with van der Waals surface area (Å²) in [6.07, 6.45) is 8.55. The lowest BCUT2D eigenvalue weighted by Crippen LogP contribution is -2.48. The Balaban J connectivity index is 0.934. The maximum atomic E-state index is 2.48. The Labute approximate surface area is 363 Å². The molecule has 3 heteroatoms. The minimum atomic E-state index is 0.374. The monoisotopic (exact) mass is 804 g/mol. The smallest absolute Gasteiger partial charge is 0.0476 e. The van der Waals surface area contributed by atoms with Gasteiger partial charge in [-0.1, -0.05) is 121 Å². The number of hydrogen-bond donors (Lipinski definition) is 0. The van der Waals surface area contributed by atoms with Crippen molar-refractivity contribution in [2.45, 2.75) is 43.9 Å². The number of hydrogen-bond acceptors (Lipinski definition) is 3. The second-order valence-corrected chi connectivity index (χ2v) is 19.1. The fourth-order valence-corrected chi connectivity index (χ4v) is 12.9. The van der Waals surface area contributed by atoms with Gasteiger partial charge in [-0.15, -0.1) is 11.3 Å². The van der Waals surface area contributed by atoms with Crippen molar-refractivity contribution in [3.05, 3.63) is 206 Å². The SMILES string of the molecule is c1ccc(-c2ccc(N(c3ccc(N(c4ccc(-c5ccccc5)cc4)c4ccc5c(c4)sc4ccccc45)cc3)c3ccc(C45CC6CC(CC(C6)C4)C5)cc3)cc2)cc1. The van der Waals surface area contributed by atoms with Crippen molar-refractivity contribution in [2.24, 2.45) is 17.8 Å². The molecule has 0 N–H and O–H groups in total. The molecule has 1 heterocycles. The molecular weight excluding hydrogens is 757 g/mol. The van der Waals surface area contributed by atoms with E-state index in [1.807, 2.05) is 11.3 Å². The summed E-state index contributed by atoms with van der Waals surface area (Å²) in [5, 5.41) is 2.63. The zero-order chi connectivity index (χ0) is 40.3. The van der Waals surface area contributed by atoms with Crippen molar-refractivity contribution in [1.82, 2.24) is 0 Å². The average Bonchev–Trinajstić information content (AvgIpc) is 3.69. The topological polar surface area (TPSA) is 6.48 Å². The molecule has 0 spiro atoms. The standard InChI is InChI=1S/C58H48N2S/c1-3-9-43(10-4-1)45-15-21-48(22-16-45)59(50-25-19-47(20-26-50)58-37-40-33-41(38-58)35-42(34-40)39-58)51-27-29-52(30-28-51)60(49-23-17-46(18-24-49)44-11-5-2-6-12-44)53-31-32-55-54-13-7-8-14-56(54)61-57(55)36-53/h1-32,36,40-42H,33-35,37-39H2. The van der Waals surface area contributed by atoms with Crippen LogP contribution >= 0.6 is 11.3 Å². The van der Waals surface area contributed by atoms with Gasteiger partial charge in [-0.3, -0.25) is 0 Å². The van der Waals surface area contributed by atoms with E-state index in [-0.39, 0.29) is 0 Å². The second kappa shape index (κ2) is 14.9. The van der Waals surface area contributed by atoms with Crippen LogP contribution in [0.5, 0.6) is 0 Å². The number of fused-ring (bicyclic) bond motifs is 3. The summed E-state index contributed by atoms with van der Waals surface area (Å²) in [6, 6.07) is 74.1. The molecule has 0 aliphatic heterocycles. The lowest BCUT2D eigenvalue weighted by atomic mass is 9.48. The van der Waals surface area contributed by atoms with Crippen molar-refractivity contribution in [3.8, 4) is 22.3 Å². The normalized spacial score (nSPS) is 20.3. The summed E-state index contributed by atoms with van der Waals surface area (Å²) in [7, 11) is 0. The highest BCUT2D eigenvalue weighted by Crippen LogP contribution is 2.61. The van der Waals surface area contributed by atoms with Crippen LogP contribution in [0, 0.1) is 17.8 Å². The first-order chi connectivity index (χ1) is 30.1. The van der Waals surface area contributed by atoms with E-state index in [2.05, 4.69) is 210 Å². The Kier molecular flexibility index (Phi) is 8.92. The Bertz CT molecular complexity index is 2930. The minimum absolute atomic E-state index is 0.374. The molecule has 4 saturated carbocycles. The number of thiophene rings is 1. The van der Waals surface area contributed by atoms with Crippen LogP contribution < -0.4 is 9.80 Å². The highest BCUT2D eigenvalue weighted by atomic mass is 32.1. The van der Waals surface area contributed by atoms with Gasteiger partial charge in [0.1, 0.15) is 0 Å². The van der Waals surface area contributed by atoms with E-state index in [0.717, 1.165) is 46.2 Å². The van der Waals surface area contributed by atoms with Crippen LogP contribution in [0.4, 0.5) is 34.1 Å². The first-order valence-electron chi connectivity index (χ1n) is 22.2. The Morgan fingerprint density at radius 1 is 0.344 bits per heavy atom. The van der Waals surface area contributed by atoms with E-state index < -0.39 is 0 Å². The molecule has 4 bridgehead atoms. The van der Waals surface area contributed by atoms with Gasteiger partial charge in [0.05, 0.1) is 0 Å². The van der Waals surface area contributed by atoms with Crippen molar-refractivity contribution >= 4 is 65.6 Å². The van der Waals surface area contributed by atoms with Gasteiger partial charge in [0.2, 0.25) is 0 Å². The van der Waals surface area contributed by atoms with Crippen LogP contribution in [0.15, 0.2) is 200 Å². The lowest BCUT2D eigenvalue weighted by Gasteiger charge is -2.57. The maximum Gasteiger partial charge on any atom is 0.0476 e. The predicted molar refractivity (Wildman–Crippen MR) is 259 cm³/mol. The molecule has 0 unspecified atom stereocenters. The Hall–Kier alpha value is -6.42. The van der Waals surface area contributed by atoms with Crippen LogP contribution in [0.3, 0.4) is 0 Å². The number of rotatable bonds is 9. The van der Waals surface area contributed by atoms with Gasteiger partial charge in [0.15, 0.2) is 0 Å². The van der Waals surface area contributed by atoms with E-state index in [4.69, 9.17) is 0 Å². The van der Waals surface area contributed by atoms with E-state index >= 15 is 0 Å². The Morgan fingerprint density at radius 3 is 1.23 bits per heavy atom. The fraction of sp³-hybridized carbons (Fsp3) is 0.172. The molecule has 4 fully saturated rings. The van der Waals surface area contributed by atoms with Crippen LogP contribution in [0.2, 0.25) is 0 Å². The zero-order valence-electron chi connectivity index (χ0n) is 34.3. The summed E-state index contributed by atoms with van der Waals surface area (Å²) in [5.41, 5.74) is 13.7. The quantitative estimate of drug-likeness (QED) is 0.143. The van der Waals surface area contributed by atoms with Crippen LogP contribution in [-0.4, -0.2) is 0 Å². The van der Waals surface area contributed by atoms with E-state index in [0.29, 0.717) is 5.41 Å². The van der Waals surface area contributed by atoms with Gasteiger partial charge in [-0.05, 0) is 168 Å². The van der Waals surface area contributed by atoms with Crippen LogP contribution in [0.25, 0.3) is 42.4 Å². The first kappa shape index (κ1) is 36.4. The summed E-state index contributed by atoms with van der Waals surface area (Å²) in [5.74, 6) is 2.78. The molecule has 8 aromatic carbocycles. The first-order valence-corrected chi connectivity index (χ1v) is 23.0. The van der Waals surface area contributed by atoms with Gasteiger partial charge in [-0.2, -0.15) is 0 Å². The minimum Gasteiger partial charge on any atom is -0.311 e. The molecule has 4 aliphatic rings. The molecule has 0 atom stereocenters. The van der Waals surface area contributed by atoms with Gasteiger partial charge < -0.3 is 9.80 Å². The summed E-state index contributed by atoms with van der Waals surface area (Å²) in [4.78, 5) is 4.84. The molecule has 9 aromatic rings. The van der Waals surface area contributed by atoms with Crippen molar-refractivity contribution < 1.29 is 0 Å². The molecule has 0 radical (unpaired) electrons. The average molecular weight is 805 g/mol. The number of benzene rings is 8. The molecule has 0 amide bonds. The molecule has 2 nitrogen and oxygen atoms in total. The van der Waals surface area contributed by atoms with Crippen LogP contribution in [0.1, 0.15) is 44.1 Å². The van der Waals surface area contributed by atoms with Crippen LogP contribution in [-0.2, 0) is 5.41 Å². The molecule has 61 heavy (non-hydrogen) atoms. The Morgan fingerprint density at radius 2 is 0.721 bits per heavy atom. The number of nitrogens with zero attached hydrogens (tertiary/aromatic N) is 2. The summed E-state index contributed by atoms with van der Waals surface area (Å²) < 4.78 is 2.61. The highest BCUT2D eigenvalue weighted by Gasteiger charge is 2.51. The van der Waals surface area contributed by atoms with E-state index in [1.54, 1.807) is 5.56 Å². The molecule has 4 aliphatic carbocycles. The van der Waals surface area contributed by atoms with Gasteiger partial charge >= 0.3 is 0 Å².